The summed E-state index contributed by atoms with van der Waals surface area (Å²) in [6.07, 6.45) is 1.85. The number of thiophene rings is 1. The summed E-state index contributed by atoms with van der Waals surface area (Å²) in [7, 11) is -3.81. The summed E-state index contributed by atoms with van der Waals surface area (Å²) < 4.78 is 26.9. The van der Waals surface area contributed by atoms with E-state index in [2.05, 4.69) is 0 Å². The first-order valence-corrected chi connectivity index (χ1v) is 8.99. The minimum absolute atomic E-state index is 0.103. The van der Waals surface area contributed by atoms with Crippen molar-refractivity contribution >= 4 is 38.9 Å². The summed E-state index contributed by atoms with van der Waals surface area (Å²) in [6, 6.07) is 2.94. The van der Waals surface area contributed by atoms with Gasteiger partial charge < -0.3 is 5.11 Å². The zero-order valence-electron chi connectivity index (χ0n) is 11.0. The quantitative estimate of drug-likeness (QED) is 0.896. The lowest BCUT2D eigenvalue weighted by Gasteiger charge is -2.33. The standard InChI is InChI=1S/C12H16ClNO4S2/c1-2-6-12(11(15)16)7-3-8-14(12)20(17,18)10-5-4-9(13)19-10/h4-5H,2-3,6-8H2,1H3,(H,15,16). The van der Waals surface area contributed by atoms with Crippen molar-refractivity contribution in [1.82, 2.24) is 4.31 Å². The number of halogens is 1. The molecule has 1 unspecified atom stereocenters. The largest absolute Gasteiger partial charge is 0.480 e. The highest BCUT2D eigenvalue weighted by molar-refractivity contribution is 7.91. The maximum absolute atomic E-state index is 12.7. The van der Waals surface area contributed by atoms with E-state index < -0.39 is 21.5 Å². The second-order valence-corrected chi connectivity index (χ2v) is 8.63. The molecular formula is C12H16ClNO4S2. The predicted molar refractivity (Wildman–Crippen MR) is 77.7 cm³/mol. The first-order valence-electron chi connectivity index (χ1n) is 6.36. The van der Waals surface area contributed by atoms with Gasteiger partial charge in [-0.3, -0.25) is 4.79 Å². The van der Waals surface area contributed by atoms with Crippen LogP contribution in [0.3, 0.4) is 0 Å². The molecular weight excluding hydrogens is 322 g/mol. The zero-order chi connectivity index (χ0) is 15.0. The lowest BCUT2D eigenvalue weighted by molar-refractivity contribution is -0.147. The van der Waals surface area contributed by atoms with E-state index >= 15 is 0 Å². The summed E-state index contributed by atoms with van der Waals surface area (Å²) in [4.78, 5) is 11.7. The molecule has 0 amide bonds. The van der Waals surface area contributed by atoms with Gasteiger partial charge in [0.25, 0.3) is 10.0 Å². The van der Waals surface area contributed by atoms with Crippen LogP contribution in [0.2, 0.25) is 4.34 Å². The fourth-order valence-corrected chi connectivity index (χ4v) is 6.15. The van der Waals surface area contributed by atoms with Crippen LogP contribution in [0.15, 0.2) is 16.3 Å². The van der Waals surface area contributed by atoms with Crippen LogP contribution in [0, 0.1) is 0 Å². The summed E-state index contributed by atoms with van der Waals surface area (Å²) in [5.74, 6) is -1.07. The number of hydrogen-bond acceptors (Lipinski definition) is 4. The monoisotopic (exact) mass is 337 g/mol. The van der Waals surface area contributed by atoms with Gasteiger partial charge in [0, 0.05) is 6.54 Å². The van der Waals surface area contributed by atoms with E-state index in [0.29, 0.717) is 30.0 Å². The third-order valence-electron chi connectivity index (χ3n) is 3.58. The molecule has 0 bridgehead atoms. The summed E-state index contributed by atoms with van der Waals surface area (Å²) in [5.41, 5.74) is -1.32. The maximum Gasteiger partial charge on any atom is 0.325 e. The Morgan fingerprint density at radius 3 is 2.75 bits per heavy atom. The second kappa shape index (κ2) is 5.63. The zero-order valence-corrected chi connectivity index (χ0v) is 13.4. The van der Waals surface area contributed by atoms with Gasteiger partial charge >= 0.3 is 5.97 Å². The van der Waals surface area contributed by atoms with Crippen LogP contribution in [0.25, 0.3) is 0 Å². The number of rotatable bonds is 5. The van der Waals surface area contributed by atoms with Crippen LogP contribution in [0.1, 0.15) is 32.6 Å². The Bertz CT molecular complexity index is 613. The van der Waals surface area contributed by atoms with Crippen molar-refractivity contribution < 1.29 is 18.3 Å². The van der Waals surface area contributed by atoms with Crippen molar-refractivity contribution in [2.24, 2.45) is 0 Å². The number of nitrogens with zero attached hydrogens (tertiary/aromatic N) is 1. The average Bonchev–Trinajstić information content (AvgIpc) is 2.97. The van der Waals surface area contributed by atoms with Crippen LogP contribution >= 0.6 is 22.9 Å². The lowest BCUT2D eigenvalue weighted by atomic mass is 9.92. The van der Waals surface area contributed by atoms with Gasteiger partial charge in [-0.05, 0) is 31.4 Å². The Labute approximate surface area is 127 Å². The molecule has 5 nitrogen and oxygen atoms in total. The van der Waals surface area contributed by atoms with Crippen molar-refractivity contribution in [2.45, 2.75) is 42.4 Å². The van der Waals surface area contributed by atoms with Crippen molar-refractivity contribution in [3.63, 3.8) is 0 Å². The molecule has 112 valence electrons. The van der Waals surface area contributed by atoms with Gasteiger partial charge in [-0.15, -0.1) is 11.3 Å². The van der Waals surface area contributed by atoms with Gasteiger partial charge in [-0.1, -0.05) is 24.9 Å². The number of hydrogen-bond donors (Lipinski definition) is 1. The van der Waals surface area contributed by atoms with Gasteiger partial charge in [0.2, 0.25) is 0 Å². The van der Waals surface area contributed by atoms with Gasteiger partial charge in [0.1, 0.15) is 9.75 Å². The Hall–Kier alpha value is -0.630. The highest BCUT2D eigenvalue weighted by Gasteiger charge is 2.52. The summed E-state index contributed by atoms with van der Waals surface area (Å²) >= 11 is 6.74. The van der Waals surface area contributed by atoms with E-state index in [-0.39, 0.29) is 10.8 Å². The third kappa shape index (κ3) is 2.47. The smallest absolute Gasteiger partial charge is 0.325 e. The van der Waals surface area contributed by atoms with E-state index in [0.717, 1.165) is 15.6 Å². The van der Waals surface area contributed by atoms with Crippen LogP contribution in [-0.4, -0.2) is 35.9 Å². The molecule has 1 aliphatic rings. The second-order valence-electron chi connectivity index (χ2n) is 4.83. The molecule has 1 aromatic rings. The van der Waals surface area contributed by atoms with Crippen LogP contribution in [0.4, 0.5) is 0 Å². The van der Waals surface area contributed by atoms with Crippen molar-refractivity contribution in [3.05, 3.63) is 16.5 Å². The molecule has 1 aromatic heterocycles. The van der Waals surface area contributed by atoms with Crippen LogP contribution in [-0.2, 0) is 14.8 Å². The molecule has 1 saturated heterocycles. The third-order valence-corrected chi connectivity index (χ3v) is 7.25. The highest BCUT2D eigenvalue weighted by atomic mass is 35.5. The van der Waals surface area contributed by atoms with Gasteiger partial charge in [-0.2, -0.15) is 4.31 Å². The Balaban J connectivity index is 2.46. The molecule has 0 radical (unpaired) electrons. The predicted octanol–water partition coefficient (Wildman–Crippen LogP) is 2.81. The molecule has 0 aromatic carbocycles. The first kappa shape index (κ1) is 15.8. The average molecular weight is 338 g/mol. The number of carbonyl (C=O) groups is 1. The molecule has 1 atom stereocenters. The molecule has 0 spiro atoms. The lowest BCUT2D eigenvalue weighted by Crippen LogP contribution is -2.52. The summed E-state index contributed by atoms with van der Waals surface area (Å²) in [5, 5.41) is 9.55. The molecule has 20 heavy (non-hydrogen) atoms. The van der Waals surface area contributed by atoms with Crippen LogP contribution in [0.5, 0.6) is 0 Å². The minimum atomic E-state index is -3.81. The molecule has 0 saturated carbocycles. The molecule has 1 aliphatic heterocycles. The SMILES string of the molecule is CCCC1(C(=O)O)CCCN1S(=O)(=O)c1ccc(Cl)s1. The van der Waals surface area contributed by atoms with Gasteiger partial charge in [0.05, 0.1) is 4.34 Å². The fourth-order valence-electron chi connectivity index (χ4n) is 2.73. The van der Waals surface area contributed by atoms with E-state index in [9.17, 15) is 18.3 Å². The van der Waals surface area contributed by atoms with Crippen molar-refractivity contribution in [1.29, 1.82) is 0 Å². The van der Waals surface area contributed by atoms with E-state index in [1.807, 2.05) is 6.92 Å². The molecule has 2 rings (SSSR count). The normalized spacial score (nSPS) is 24.1. The molecule has 1 fully saturated rings. The number of carboxylic acid groups (broad SMARTS) is 1. The topological polar surface area (TPSA) is 74.7 Å². The highest BCUT2D eigenvalue weighted by Crippen LogP contribution is 2.40. The van der Waals surface area contributed by atoms with E-state index in [1.165, 1.54) is 12.1 Å². The Morgan fingerprint density at radius 1 is 1.55 bits per heavy atom. The summed E-state index contributed by atoms with van der Waals surface area (Å²) in [6.45, 7) is 2.10. The van der Waals surface area contributed by atoms with Gasteiger partial charge in [-0.25, -0.2) is 8.42 Å². The van der Waals surface area contributed by atoms with Crippen molar-refractivity contribution in [3.8, 4) is 0 Å². The fraction of sp³-hybridized carbons (Fsp3) is 0.583. The molecule has 1 N–H and O–H groups in total. The molecule has 2 heterocycles. The number of carboxylic acids is 1. The minimum Gasteiger partial charge on any atom is -0.480 e. The van der Waals surface area contributed by atoms with Crippen molar-refractivity contribution in [2.75, 3.05) is 6.54 Å². The van der Waals surface area contributed by atoms with E-state index in [1.54, 1.807) is 0 Å². The molecule has 0 aliphatic carbocycles. The van der Waals surface area contributed by atoms with E-state index in [4.69, 9.17) is 11.6 Å². The number of sulfonamides is 1. The number of aliphatic carboxylic acids is 1. The first-order chi connectivity index (χ1) is 9.34. The van der Waals surface area contributed by atoms with Gasteiger partial charge in [0.15, 0.2) is 0 Å². The Morgan fingerprint density at radius 2 is 2.25 bits per heavy atom. The molecule has 8 heteroatoms. The maximum atomic E-state index is 12.7. The van der Waals surface area contributed by atoms with Crippen LogP contribution < -0.4 is 0 Å². The Kier molecular flexibility index (Phi) is 4.44.